The Kier molecular flexibility index (Phi) is 6.67. The van der Waals surface area contributed by atoms with Gasteiger partial charge >= 0.3 is 0 Å². The lowest BCUT2D eigenvalue weighted by molar-refractivity contribution is -0.115. The number of carbonyl (C=O) groups excluding carboxylic acids is 1. The third-order valence-corrected chi connectivity index (χ3v) is 4.28. The molecule has 0 bridgehead atoms. The number of unbranched alkanes of at least 4 members (excludes halogenated alkanes) is 1. The third kappa shape index (κ3) is 6.16. The van der Waals surface area contributed by atoms with Gasteiger partial charge in [-0.2, -0.15) is 0 Å². The summed E-state index contributed by atoms with van der Waals surface area (Å²) in [5, 5.41) is 2.66. The lowest BCUT2D eigenvalue weighted by Crippen LogP contribution is -2.34. The number of anilines is 1. The molecule has 20 heavy (non-hydrogen) atoms. The maximum atomic E-state index is 11.6. The summed E-state index contributed by atoms with van der Waals surface area (Å²) in [5.41, 5.74) is 1.85. The van der Waals surface area contributed by atoms with Crippen LogP contribution in [-0.4, -0.2) is 26.6 Å². The molecule has 2 N–H and O–H groups in total. The molecule has 112 valence electrons. The Balaban J connectivity index is 2.43. The van der Waals surface area contributed by atoms with Crippen LogP contribution in [0.15, 0.2) is 24.3 Å². The van der Waals surface area contributed by atoms with E-state index in [-0.39, 0.29) is 18.2 Å². The van der Waals surface area contributed by atoms with Crippen LogP contribution in [0.1, 0.15) is 32.3 Å². The number of hydrogen-bond acceptors (Lipinski definition) is 3. The fourth-order valence-corrected chi connectivity index (χ4v) is 2.78. The van der Waals surface area contributed by atoms with Crippen LogP contribution in [0.4, 0.5) is 5.69 Å². The van der Waals surface area contributed by atoms with Gasteiger partial charge in [-0.3, -0.25) is 4.79 Å². The minimum atomic E-state index is -3.35. The molecule has 0 aliphatic heterocycles. The molecule has 0 fully saturated rings. The average molecular weight is 298 g/mol. The summed E-state index contributed by atoms with van der Waals surface area (Å²) in [7, 11) is -3.35. The maximum Gasteiger partial charge on any atom is 0.239 e. The van der Waals surface area contributed by atoms with Crippen molar-refractivity contribution in [1.82, 2.24) is 4.72 Å². The summed E-state index contributed by atoms with van der Waals surface area (Å²) in [5.74, 6) is -0.309. The van der Waals surface area contributed by atoms with Crippen LogP contribution in [0.25, 0.3) is 0 Å². The highest BCUT2D eigenvalue weighted by atomic mass is 32.2. The molecule has 6 heteroatoms. The van der Waals surface area contributed by atoms with E-state index in [2.05, 4.69) is 17.0 Å². The van der Waals surface area contributed by atoms with E-state index in [0.29, 0.717) is 12.1 Å². The summed E-state index contributed by atoms with van der Waals surface area (Å²) in [6.45, 7) is 3.74. The summed E-state index contributed by atoms with van der Waals surface area (Å²) in [6, 6.07) is 7.48. The Morgan fingerprint density at radius 3 is 2.35 bits per heavy atom. The SMILES string of the molecule is CCCCS(=O)(=O)NCC(=O)Nc1ccc(CC)cc1. The standard InChI is InChI=1S/C14H22N2O3S/c1-3-5-10-20(18,19)15-11-14(17)16-13-8-6-12(4-2)7-9-13/h6-9,15H,3-5,10-11H2,1-2H3,(H,16,17). The fourth-order valence-electron chi connectivity index (χ4n) is 1.61. The van der Waals surface area contributed by atoms with E-state index < -0.39 is 10.0 Å². The first kappa shape index (κ1) is 16.7. The first-order chi connectivity index (χ1) is 9.46. The lowest BCUT2D eigenvalue weighted by atomic mass is 10.1. The second-order valence-electron chi connectivity index (χ2n) is 4.59. The van der Waals surface area contributed by atoms with Gasteiger partial charge in [-0.1, -0.05) is 32.4 Å². The first-order valence-electron chi connectivity index (χ1n) is 6.83. The van der Waals surface area contributed by atoms with Crippen LogP contribution in [0.2, 0.25) is 0 Å². The monoisotopic (exact) mass is 298 g/mol. The van der Waals surface area contributed by atoms with E-state index in [4.69, 9.17) is 0 Å². The zero-order chi connectivity index (χ0) is 15.0. The topological polar surface area (TPSA) is 75.3 Å². The predicted molar refractivity (Wildman–Crippen MR) is 81.1 cm³/mol. The lowest BCUT2D eigenvalue weighted by Gasteiger charge is -2.08. The highest BCUT2D eigenvalue weighted by Crippen LogP contribution is 2.09. The van der Waals surface area contributed by atoms with Crippen LogP contribution < -0.4 is 10.0 Å². The van der Waals surface area contributed by atoms with E-state index >= 15 is 0 Å². The van der Waals surface area contributed by atoms with Crippen LogP contribution in [0.5, 0.6) is 0 Å². The number of sulfonamides is 1. The van der Waals surface area contributed by atoms with Gasteiger partial charge in [0, 0.05) is 5.69 Å². The van der Waals surface area contributed by atoms with Crippen molar-refractivity contribution in [1.29, 1.82) is 0 Å². The Hall–Kier alpha value is -1.40. The molecular weight excluding hydrogens is 276 g/mol. The number of aryl methyl sites for hydroxylation is 1. The van der Waals surface area contributed by atoms with E-state index in [0.717, 1.165) is 12.8 Å². The van der Waals surface area contributed by atoms with Crippen LogP contribution in [0, 0.1) is 0 Å². The van der Waals surface area contributed by atoms with Gasteiger partial charge in [-0.15, -0.1) is 0 Å². The van der Waals surface area contributed by atoms with E-state index in [1.807, 2.05) is 31.2 Å². The smallest absolute Gasteiger partial charge is 0.239 e. The van der Waals surface area contributed by atoms with Crippen LogP contribution in [-0.2, 0) is 21.2 Å². The van der Waals surface area contributed by atoms with Crippen molar-refractivity contribution in [3.05, 3.63) is 29.8 Å². The van der Waals surface area contributed by atoms with Gasteiger partial charge in [0.25, 0.3) is 0 Å². The zero-order valence-electron chi connectivity index (χ0n) is 12.0. The fraction of sp³-hybridized carbons (Fsp3) is 0.500. The second-order valence-corrected chi connectivity index (χ2v) is 6.52. The number of nitrogens with one attached hydrogen (secondary N) is 2. The Bertz CT molecular complexity index is 524. The molecule has 5 nitrogen and oxygen atoms in total. The van der Waals surface area contributed by atoms with E-state index in [1.54, 1.807) is 0 Å². The van der Waals surface area contributed by atoms with Gasteiger partial charge in [0.1, 0.15) is 0 Å². The molecule has 0 radical (unpaired) electrons. The van der Waals surface area contributed by atoms with Gasteiger partial charge in [0.05, 0.1) is 12.3 Å². The van der Waals surface area contributed by atoms with E-state index in [1.165, 1.54) is 5.56 Å². The number of rotatable bonds is 8. The summed E-state index contributed by atoms with van der Waals surface area (Å²) >= 11 is 0. The van der Waals surface area contributed by atoms with Gasteiger partial charge in [0.15, 0.2) is 0 Å². The summed E-state index contributed by atoms with van der Waals surface area (Å²) in [4.78, 5) is 11.6. The summed E-state index contributed by atoms with van der Waals surface area (Å²) < 4.78 is 25.4. The molecular formula is C14H22N2O3S. The molecule has 0 heterocycles. The highest BCUT2D eigenvalue weighted by Gasteiger charge is 2.11. The normalized spacial score (nSPS) is 11.3. The van der Waals surface area contributed by atoms with Gasteiger partial charge in [0.2, 0.25) is 15.9 Å². The molecule has 1 rings (SSSR count). The minimum Gasteiger partial charge on any atom is -0.325 e. The van der Waals surface area contributed by atoms with Crippen molar-refractivity contribution in [2.45, 2.75) is 33.1 Å². The van der Waals surface area contributed by atoms with Gasteiger partial charge in [-0.05, 0) is 30.5 Å². The maximum absolute atomic E-state index is 11.6. The molecule has 0 aliphatic carbocycles. The Morgan fingerprint density at radius 1 is 1.15 bits per heavy atom. The van der Waals surface area contributed by atoms with Crippen molar-refractivity contribution in [2.24, 2.45) is 0 Å². The van der Waals surface area contributed by atoms with Crippen LogP contribution in [0.3, 0.4) is 0 Å². The third-order valence-electron chi connectivity index (χ3n) is 2.87. The number of benzene rings is 1. The van der Waals surface area contributed by atoms with Crippen molar-refractivity contribution in [2.75, 3.05) is 17.6 Å². The Labute approximate surface area is 120 Å². The largest absolute Gasteiger partial charge is 0.325 e. The first-order valence-corrected chi connectivity index (χ1v) is 8.48. The highest BCUT2D eigenvalue weighted by molar-refractivity contribution is 7.89. The summed E-state index contributed by atoms with van der Waals surface area (Å²) in [6.07, 6.45) is 2.33. The molecule has 1 aromatic carbocycles. The van der Waals surface area contributed by atoms with Crippen molar-refractivity contribution in [3.63, 3.8) is 0 Å². The van der Waals surface area contributed by atoms with Crippen molar-refractivity contribution < 1.29 is 13.2 Å². The average Bonchev–Trinajstić information content (AvgIpc) is 2.44. The molecule has 0 saturated carbocycles. The molecule has 0 saturated heterocycles. The number of hydrogen-bond donors (Lipinski definition) is 2. The molecule has 1 amide bonds. The number of carbonyl (C=O) groups is 1. The molecule has 0 aliphatic rings. The molecule has 0 atom stereocenters. The van der Waals surface area contributed by atoms with Crippen LogP contribution >= 0.6 is 0 Å². The van der Waals surface area contributed by atoms with Crippen molar-refractivity contribution in [3.8, 4) is 0 Å². The van der Waals surface area contributed by atoms with Gasteiger partial charge < -0.3 is 5.32 Å². The molecule has 0 spiro atoms. The number of amides is 1. The Morgan fingerprint density at radius 2 is 1.80 bits per heavy atom. The van der Waals surface area contributed by atoms with Gasteiger partial charge in [-0.25, -0.2) is 13.1 Å². The quantitative estimate of drug-likeness (QED) is 0.770. The molecule has 0 aromatic heterocycles. The second kappa shape index (κ2) is 8.01. The molecule has 1 aromatic rings. The van der Waals surface area contributed by atoms with E-state index in [9.17, 15) is 13.2 Å². The predicted octanol–water partition coefficient (Wildman–Crippen LogP) is 1.91. The zero-order valence-corrected chi connectivity index (χ0v) is 12.8. The van der Waals surface area contributed by atoms with Crippen molar-refractivity contribution >= 4 is 21.6 Å². The molecule has 0 unspecified atom stereocenters. The minimum absolute atomic E-state index is 0.0575.